The first-order valence-electron chi connectivity index (χ1n) is 20.9. The van der Waals surface area contributed by atoms with Crippen molar-refractivity contribution in [3.8, 4) is 0 Å². The molecule has 7 heteroatoms. The van der Waals surface area contributed by atoms with Crippen LogP contribution in [0.4, 0.5) is 0 Å². The molecule has 0 rings (SSSR count). The number of carboxylic acid groups (broad SMARTS) is 1. The zero-order chi connectivity index (χ0) is 36.8. The summed E-state index contributed by atoms with van der Waals surface area (Å²) in [5.41, 5.74) is 0. The average Bonchev–Trinajstić information content (AvgIpc) is 3.09. The van der Waals surface area contributed by atoms with E-state index >= 15 is 0 Å². The highest BCUT2D eigenvalue weighted by molar-refractivity contribution is 5.70. The number of hydrogen-bond donors (Lipinski definition) is 1. The smallest absolute Gasteiger partial charge is 0.306 e. The second-order valence-electron chi connectivity index (χ2n) is 14.4. The molecule has 0 aliphatic heterocycles. The van der Waals surface area contributed by atoms with E-state index in [2.05, 4.69) is 38.2 Å². The summed E-state index contributed by atoms with van der Waals surface area (Å²) in [4.78, 5) is 37.9. The molecular formula is C43H79NO6. The number of carbonyl (C=O) groups excluding carboxylic acids is 2. The summed E-state index contributed by atoms with van der Waals surface area (Å²) in [5.74, 6) is -1.43. The van der Waals surface area contributed by atoms with Crippen molar-refractivity contribution in [2.75, 3.05) is 26.7 Å². The molecule has 0 heterocycles. The van der Waals surface area contributed by atoms with E-state index in [4.69, 9.17) is 14.6 Å². The largest absolute Gasteiger partial charge is 0.481 e. The van der Waals surface area contributed by atoms with E-state index in [0.717, 1.165) is 51.4 Å². The fourth-order valence-corrected chi connectivity index (χ4v) is 6.03. The minimum atomic E-state index is -0.874. The first-order valence-corrected chi connectivity index (χ1v) is 20.9. The van der Waals surface area contributed by atoms with Gasteiger partial charge < -0.3 is 19.5 Å². The summed E-state index contributed by atoms with van der Waals surface area (Å²) >= 11 is 0. The minimum absolute atomic E-state index is 0.000561. The van der Waals surface area contributed by atoms with Crippen LogP contribution in [-0.4, -0.2) is 60.8 Å². The first kappa shape index (κ1) is 47.8. The molecule has 0 saturated heterocycles. The van der Waals surface area contributed by atoms with Crippen molar-refractivity contribution in [3.05, 3.63) is 24.3 Å². The molecule has 7 nitrogen and oxygen atoms in total. The number of rotatable bonds is 38. The molecule has 0 bridgehead atoms. The Bertz CT molecular complexity index is 841. The van der Waals surface area contributed by atoms with Gasteiger partial charge in [-0.15, -0.1) is 0 Å². The maximum absolute atomic E-state index is 12.6. The number of aliphatic carboxylic acids is 1. The predicted octanol–water partition coefficient (Wildman–Crippen LogP) is 11.9. The van der Waals surface area contributed by atoms with Crippen LogP contribution in [0.25, 0.3) is 0 Å². The van der Waals surface area contributed by atoms with Gasteiger partial charge in [0.25, 0.3) is 0 Å². The molecule has 0 aromatic heterocycles. The standard InChI is InChI=1S/C43H79NO6/c1-4-6-8-10-12-14-16-18-20-22-24-26-28-30-32-34-42(47)49-39-40(38-44(3)37-36-41(45)46)50-43(48)35-33-31-29-27-25-23-21-19-17-15-13-11-9-7-5-2/h18-21,40H,4-17,22-39H2,1-3H3,(H,45,46). The van der Waals surface area contributed by atoms with E-state index in [0.29, 0.717) is 25.9 Å². The molecule has 1 N–H and O–H groups in total. The van der Waals surface area contributed by atoms with E-state index in [9.17, 15) is 14.4 Å². The predicted molar refractivity (Wildman–Crippen MR) is 209 cm³/mol. The van der Waals surface area contributed by atoms with Crippen molar-refractivity contribution in [1.82, 2.24) is 4.90 Å². The van der Waals surface area contributed by atoms with Gasteiger partial charge in [-0.1, -0.05) is 141 Å². The Balaban J connectivity index is 4.12. The third-order valence-corrected chi connectivity index (χ3v) is 9.24. The van der Waals surface area contributed by atoms with Gasteiger partial charge >= 0.3 is 17.9 Å². The topological polar surface area (TPSA) is 93.1 Å². The quantitative estimate of drug-likeness (QED) is 0.0388. The molecule has 0 fully saturated rings. The molecule has 0 aliphatic rings. The summed E-state index contributed by atoms with van der Waals surface area (Å²) in [7, 11) is 1.79. The summed E-state index contributed by atoms with van der Waals surface area (Å²) < 4.78 is 11.2. The van der Waals surface area contributed by atoms with E-state index < -0.39 is 12.1 Å². The number of unbranched alkanes of at least 4 members (excludes halogenated alkanes) is 22. The van der Waals surface area contributed by atoms with Crippen LogP contribution < -0.4 is 0 Å². The Hall–Kier alpha value is -2.15. The van der Waals surface area contributed by atoms with Gasteiger partial charge in [0.2, 0.25) is 0 Å². The normalized spacial score (nSPS) is 12.3. The number of carbonyl (C=O) groups is 3. The molecule has 0 saturated carbocycles. The number of allylic oxidation sites excluding steroid dienone is 4. The SMILES string of the molecule is CCCCCCCCC=CCCCCCCCC(=O)OCC(CN(C)CCC(=O)O)OC(=O)CCCCCCCC=CCCCCCCCC. The van der Waals surface area contributed by atoms with Gasteiger partial charge in [-0.3, -0.25) is 14.4 Å². The number of carboxylic acids is 1. The number of likely N-dealkylation sites (N-methyl/N-ethyl adjacent to an activating group) is 1. The Morgan fingerprint density at radius 2 is 0.920 bits per heavy atom. The third-order valence-electron chi connectivity index (χ3n) is 9.24. The summed E-state index contributed by atoms with van der Waals surface area (Å²) in [6.07, 6.45) is 40.7. The van der Waals surface area contributed by atoms with Gasteiger partial charge in [-0.2, -0.15) is 0 Å². The molecule has 0 aliphatic carbocycles. The lowest BCUT2D eigenvalue weighted by atomic mass is 10.1. The second kappa shape index (κ2) is 38.1. The highest BCUT2D eigenvalue weighted by atomic mass is 16.6. The highest BCUT2D eigenvalue weighted by Gasteiger charge is 2.19. The zero-order valence-electron chi connectivity index (χ0n) is 32.9. The summed E-state index contributed by atoms with van der Waals surface area (Å²) in [5, 5.41) is 9.02. The van der Waals surface area contributed by atoms with E-state index in [1.165, 1.54) is 116 Å². The van der Waals surface area contributed by atoms with Crippen molar-refractivity contribution >= 4 is 17.9 Å². The molecule has 292 valence electrons. The van der Waals surface area contributed by atoms with Crippen LogP contribution in [0, 0.1) is 0 Å². The molecule has 1 unspecified atom stereocenters. The summed E-state index contributed by atoms with van der Waals surface area (Å²) in [6.45, 7) is 5.17. The number of hydrogen-bond acceptors (Lipinski definition) is 6. The van der Waals surface area contributed by atoms with Crippen LogP contribution in [0.2, 0.25) is 0 Å². The lowest BCUT2D eigenvalue weighted by Gasteiger charge is -2.23. The average molecular weight is 706 g/mol. The van der Waals surface area contributed by atoms with Gasteiger partial charge in [0, 0.05) is 25.9 Å². The van der Waals surface area contributed by atoms with Crippen molar-refractivity contribution in [2.24, 2.45) is 0 Å². The third kappa shape index (κ3) is 37.1. The monoisotopic (exact) mass is 706 g/mol. The highest BCUT2D eigenvalue weighted by Crippen LogP contribution is 2.13. The number of nitrogens with zero attached hydrogens (tertiary/aromatic N) is 1. The molecule has 0 aromatic carbocycles. The number of ether oxygens (including phenoxy) is 2. The maximum Gasteiger partial charge on any atom is 0.306 e. The van der Waals surface area contributed by atoms with Crippen LogP contribution in [0.1, 0.15) is 200 Å². The van der Waals surface area contributed by atoms with Crippen molar-refractivity contribution in [3.63, 3.8) is 0 Å². The Morgan fingerprint density at radius 1 is 0.540 bits per heavy atom. The van der Waals surface area contributed by atoms with Crippen molar-refractivity contribution < 1.29 is 29.0 Å². The fraction of sp³-hybridized carbons (Fsp3) is 0.837. The molecule has 0 radical (unpaired) electrons. The molecular weight excluding hydrogens is 626 g/mol. The van der Waals surface area contributed by atoms with Gasteiger partial charge in [0.05, 0.1) is 6.42 Å². The lowest BCUT2D eigenvalue weighted by molar-refractivity contribution is -0.160. The van der Waals surface area contributed by atoms with Crippen LogP contribution in [0.3, 0.4) is 0 Å². The number of esters is 2. The Kier molecular flexibility index (Phi) is 36.5. The van der Waals surface area contributed by atoms with E-state index in [1.54, 1.807) is 7.05 Å². The molecule has 0 spiro atoms. The van der Waals surface area contributed by atoms with Crippen molar-refractivity contribution in [2.45, 2.75) is 206 Å². The van der Waals surface area contributed by atoms with Crippen molar-refractivity contribution in [1.29, 1.82) is 0 Å². The summed E-state index contributed by atoms with van der Waals surface area (Å²) in [6, 6.07) is 0. The van der Waals surface area contributed by atoms with Crippen LogP contribution in [0.15, 0.2) is 24.3 Å². The fourth-order valence-electron chi connectivity index (χ4n) is 6.03. The van der Waals surface area contributed by atoms with Gasteiger partial charge in [0.1, 0.15) is 12.7 Å². The Morgan fingerprint density at radius 3 is 1.34 bits per heavy atom. The van der Waals surface area contributed by atoms with Crippen LogP contribution >= 0.6 is 0 Å². The first-order chi connectivity index (χ1) is 24.4. The maximum atomic E-state index is 12.6. The molecule has 0 amide bonds. The van der Waals surface area contributed by atoms with Gasteiger partial charge in [-0.25, -0.2) is 0 Å². The van der Waals surface area contributed by atoms with Crippen LogP contribution in [-0.2, 0) is 23.9 Å². The lowest BCUT2D eigenvalue weighted by Crippen LogP contribution is -2.37. The Labute approximate surface area is 308 Å². The zero-order valence-corrected chi connectivity index (χ0v) is 32.9. The molecule has 0 aromatic rings. The van der Waals surface area contributed by atoms with E-state index in [1.807, 2.05) is 4.90 Å². The van der Waals surface area contributed by atoms with Gasteiger partial charge in [-0.05, 0) is 71.3 Å². The molecule has 50 heavy (non-hydrogen) atoms. The minimum Gasteiger partial charge on any atom is -0.481 e. The van der Waals surface area contributed by atoms with Crippen LogP contribution in [0.5, 0.6) is 0 Å². The van der Waals surface area contributed by atoms with Gasteiger partial charge in [0.15, 0.2) is 0 Å². The molecule has 1 atom stereocenters. The second-order valence-corrected chi connectivity index (χ2v) is 14.4. The van der Waals surface area contributed by atoms with E-state index in [-0.39, 0.29) is 25.0 Å².